The number of carbonyl (C=O) groups excluding carboxylic acids is 3. The first-order chi connectivity index (χ1) is 8.71. The maximum Gasteiger partial charge on any atom is 0.407 e. The predicted octanol–water partition coefficient (Wildman–Crippen LogP) is 0.533. The van der Waals surface area contributed by atoms with Crippen LogP contribution in [0.1, 0.15) is 27.7 Å². The molecule has 0 aliphatic carbocycles. The molecule has 19 heavy (non-hydrogen) atoms. The van der Waals surface area contributed by atoms with Crippen LogP contribution in [-0.4, -0.2) is 55.2 Å². The van der Waals surface area contributed by atoms with Gasteiger partial charge in [0.1, 0.15) is 5.60 Å². The Bertz CT molecular complexity index is 336. The zero-order valence-electron chi connectivity index (χ0n) is 12.1. The second-order valence-electron chi connectivity index (χ2n) is 4.81. The highest BCUT2D eigenvalue weighted by Crippen LogP contribution is 2.06. The van der Waals surface area contributed by atoms with E-state index < -0.39 is 23.6 Å². The van der Waals surface area contributed by atoms with Crippen molar-refractivity contribution in [1.29, 1.82) is 0 Å². The summed E-state index contributed by atoms with van der Waals surface area (Å²) in [5, 5.41) is 2.51. The summed E-state index contributed by atoms with van der Waals surface area (Å²) in [6.45, 7) is 7.76. The van der Waals surface area contributed by atoms with Gasteiger partial charge in [0.05, 0.1) is 7.11 Å². The average molecular weight is 274 g/mol. The van der Waals surface area contributed by atoms with E-state index >= 15 is 0 Å². The number of methoxy groups -OCH3 is 1. The quantitative estimate of drug-likeness (QED) is 0.597. The van der Waals surface area contributed by atoms with Crippen LogP contribution >= 0.6 is 0 Å². The fraction of sp³-hybridized carbons (Fsp3) is 0.750. The third-order valence-corrected chi connectivity index (χ3v) is 2.08. The summed E-state index contributed by atoms with van der Waals surface area (Å²) in [5.41, 5.74) is -0.573. The lowest BCUT2D eigenvalue weighted by Crippen LogP contribution is -2.43. The molecule has 7 heteroatoms. The smallest absolute Gasteiger partial charge is 0.407 e. The Morgan fingerprint density at radius 2 is 1.79 bits per heavy atom. The average Bonchev–Trinajstić information content (AvgIpc) is 2.30. The van der Waals surface area contributed by atoms with Gasteiger partial charge >= 0.3 is 18.0 Å². The van der Waals surface area contributed by atoms with Crippen molar-refractivity contribution < 1.29 is 23.9 Å². The van der Waals surface area contributed by atoms with Crippen LogP contribution in [0, 0.1) is 0 Å². The van der Waals surface area contributed by atoms with Gasteiger partial charge in [-0.15, -0.1) is 0 Å². The standard InChI is InChI=1S/C12H22N2O5/c1-6-14(9(15)10(16)18-5)8-7-13-11(17)19-12(2,3)4/h6-8H2,1-5H3,(H,13,17). The number of esters is 1. The van der Waals surface area contributed by atoms with Crippen LogP contribution in [-0.2, 0) is 19.1 Å². The van der Waals surface area contributed by atoms with E-state index in [0.717, 1.165) is 7.11 Å². The summed E-state index contributed by atoms with van der Waals surface area (Å²) in [6, 6.07) is 0. The highest BCUT2D eigenvalue weighted by molar-refractivity contribution is 6.32. The molecule has 0 radical (unpaired) electrons. The lowest BCUT2D eigenvalue weighted by Gasteiger charge is -2.22. The molecule has 0 bridgehead atoms. The largest absolute Gasteiger partial charge is 0.462 e. The SMILES string of the molecule is CCN(CCNC(=O)OC(C)(C)C)C(=O)C(=O)OC. The maximum atomic E-state index is 11.5. The molecule has 0 rings (SSSR count). The molecule has 0 aromatic heterocycles. The molecule has 0 saturated heterocycles. The normalized spacial score (nSPS) is 10.6. The molecule has 110 valence electrons. The number of likely N-dealkylation sites (N-methyl/N-ethyl adjacent to an activating group) is 1. The Labute approximate surface area is 113 Å². The summed E-state index contributed by atoms with van der Waals surface area (Å²) in [5.74, 6) is -1.64. The third-order valence-electron chi connectivity index (χ3n) is 2.08. The van der Waals surface area contributed by atoms with Gasteiger partial charge in [-0.2, -0.15) is 0 Å². The van der Waals surface area contributed by atoms with Gasteiger partial charge in [-0.25, -0.2) is 9.59 Å². The molecule has 0 atom stereocenters. The zero-order chi connectivity index (χ0) is 15.1. The molecular formula is C12H22N2O5. The minimum atomic E-state index is -0.917. The first kappa shape index (κ1) is 17.2. The number of hydrogen-bond donors (Lipinski definition) is 1. The van der Waals surface area contributed by atoms with E-state index in [1.807, 2.05) is 0 Å². The number of hydrogen-bond acceptors (Lipinski definition) is 5. The van der Waals surface area contributed by atoms with E-state index in [2.05, 4.69) is 10.1 Å². The van der Waals surface area contributed by atoms with E-state index in [9.17, 15) is 14.4 Å². The lowest BCUT2D eigenvalue weighted by atomic mass is 10.2. The van der Waals surface area contributed by atoms with Gasteiger partial charge in [0, 0.05) is 19.6 Å². The molecular weight excluding hydrogens is 252 g/mol. The molecule has 0 unspecified atom stereocenters. The van der Waals surface area contributed by atoms with Crippen molar-refractivity contribution in [2.75, 3.05) is 26.7 Å². The van der Waals surface area contributed by atoms with E-state index in [-0.39, 0.29) is 13.1 Å². The van der Waals surface area contributed by atoms with Crippen molar-refractivity contribution in [3.8, 4) is 0 Å². The number of carbonyl (C=O) groups is 3. The molecule has 1 N–H and O–H groups in total. The van der Waals surface area contributed by atoms with Gasteiger partial charge < -0.3 is 19.7 Å². The highest BCUT2D eigenvalue weighted by atomic mass is 16.6. The number of rotatable bonds is 4. The number of nitrogens with zero attached hydrogens (tertiary/aromatic N) is 1. The monoisotopic (exact) mass is 274 g/mol. The topological polar surface area (TPSA) is 84.9 Å². The molecule has 0 aromatic carbocycles. The fourth-order valence-corrected chi connectivity index (χ4v) is 1.23. The van der Waals surface area contributed by atoms with Gasteiger partial charge in [-0.3, -0.25) is 4.79 Å². The number of amides is 2. The summed E-state index contributed by atoms with van der Waals surface area (Å²) < 4.78 is 9.38. The van der Waals surface area contributed by atoms with Gasteiger partial charge in [0.25, 0.3) is 0 Å². The molecule has 0 aliphatic heterocycles. The first-order valence-corrected chi connectivity index (χ1v) is 6.05. The molecule has 0 fully saturated rings. The molecule has 0 saturated carbocycles. The van der Waals surface area contributed by atoms with Crippen LogP contribution in [0.2, 0.25) is 0 Å². The van der Waals surface area contributed by atoms with E-state index in [0.29, 0.717) is 6.54 Å². The summed E-state index contributed by atoms with van der Waals surface area (Å²) in [6.07, 6.45) is -0.561. The van der Waals surface area contributed by atoms with Crippen molar-refractivity contribution in [2.24, 2.45) is 0 Å². The molecule has 0 aromatic rings. The van der Waals surface area contributed by atoms with Crippen molar-refractivity contribution >= 4 is 18.0 Å². The lowest BCUT2D eigenvalue weighted by molar-refractivity contribution is -0.158. The number of nitrogens with one attached hydrogen (secondary N) is 1. The van der Waals surface area contributed by atoms with Crippen LogP contribution in [0.5, 0.6) is 0 Å². The van der Waals surface area contributed by atoms with Crippen LogP contribution in [0.15, 0.2) is 0 Å². The van der Waals surface area contributed by atoms with Crippen LogP contribution in [0.4, 0.5) is 4.79 Å². The van der Waals surface area contributed by atoms with Crippen LogP contribution in [0.3, 0.4) is 0 Å². The number of ether oxygens (including phenoxy) is 2. The summed E-state index contributed by atoms with van der Waals surface area (Å²) >= 11 is 0. The third kappa shape index (κ3) is 7.28. The minimum absolute atomic E-state index is 0.200. The Kier molecular flexibility index (Phi) is 6.89. The predicted molar refractivity (Wildman–Crippen MR) is 68.5 cm³/mol. The van der Waals surface area contributed by atoms with E-state index in [4.69, 9.17) is 4.74 Å². The van der Waals surface area contributed by atoms with Gasteiger partial charge in [0.2, 0.25) is 0 Å². The Morgan fingerprint density at radius 3 is 2.21 bits per heavy atom. The van der Waals surface area contributed by atoms with Crippen molar-refractivity contribution in [2.45, 2.75) is 33.3 Å². The van der Waals surface area contributed by atoms with Gasteiger partial charge in [-0.05, 0) is 27.7 Å². The highest BCUT2D eigenvalue weighted by Gasteiger charge is 2.21. The van der Waals surface area contributed by atoms with Crippen molar-refractivity contribution in [3.63, 3.8) is 0 Å². The Hall–Kier alpha value is -1.79. The molecule has 2 amide bonds. The number of alkyl carbamates (subject to hydrolysis) is 1. The zero-order valence-corrected chi connectivity index (χ0v) is 12.1. The summed E-state index contributed by atoms with van der Waals surface area (Å²) in [7, 11) is 1.15. The van der Waals surface area contributed by atoms with Crippen LogP contribution < -0.4 is 5.32 Å². The molecule has 0 spiro atoms. The Balaban J connectivity index is 4.13. The first-order valence-electron chi connectivity index (χ1n) is 6.05. The second-order valence-corrected chi connectivity index (χ2v) is 4.81. The van der Waals surface area contributed by atoms with Crippen molar-refractivity contribution in [3.05, 3.63) is 0 Å². The van der Waals surface area contributed by atoms with Gasteiger partial charge in [-0.1, -0.05) is 0 Å². The minimum Gasteiger partial charge on any atom is -0.462 e. The maximum absolute atomic E-state index is 11.5. The molecule has 0 heterocycles. The van der Waals surface area contributed by atoms with Gasteiger partial charge in [0.15, 0.2) is 0 Å². The van der Waals surface area contributed by atoms with Crippen LogP contribution in [0.25, 0.3) is 0 Å². The van der Waals surface area contributed by atoms with E-state index in [1.54, 1.807) is 27.7 Å². The second kappa shape index (κ2) is 7.60. The van der Waals surface area contributed by atoms with E-state index in [1.165, 1.54) is 4.90 Å². The molecule has 7 nitrogen and oxygen atoms in total. The van der Waals surface area contributed by atoms with Crippen molar-refractivity contribution in [1.82, 2.24) is 10.2 Å². The fourth-order valence-electron chi connectivity index (χ4n) is 1.23. The summed E-state index contributed by atoms with van der Waals surface area (Å²) in [4.78, 5) is 35.2. The Morgan fingerprint density at radius 1 is 1.21 bits per heavy atom. The molecule has 0 aliphatic rings.